The molecule has 1 aliphatic heterocycles. The average Bonchev–Trinajstić information content (AvgIpc) is 3.24. The van der Waals surface area contributed by atoms with E-state index in [0.29, 0.717) is 12.8 Å². The molecule has 0 saturated carbocycles. The molecule has 62 heavy (non-hydrogen) atoms. The van der Waals surface area contributed by atoms with Crippen molar-refractivity contribution in [2.45, 2.75) is 243 Å². The number of esters is 2. The zero-order valence-corrected chi connectivity index (χ0v) is 39.5. The molecule has 0 aromatic rings. The first-order valence-electron chi connectivity index (χ1n) is 24.5. The van der Waals surface area contributed by atoms with Gasteiger partial charge in [-0.3, -0.25) is 14.1 Å². The molecule has 0 radical (unpaired) electrons. The number of hydrogen-bond acceptors (Lipinski definition) is 11. The third-order valence-corrected chi connectivity index (χ3v) is 11.9. The predicted octanol–water partition coefficient (Wildman–Crippen LogP) is 10.6. The van der Waals surface area contributed by atoms with Crippen LogP contribution in [-0.2, 0) is 38.7 Å². The van der Waals surface area contributed by atoms with Crippen LogP contribution in [0.15, 0.2) is 36.5 Å². The Labute approximate surface area is 376 Å². The van der Waals surface area contributed by atoms with Gasteiger partial charge < -0.3 is 34.3 Å². The molecule has 0 aromatic carbocycles. The van der Waals surface area contributed by atoms with Crippen LogP contribution in [-0.4, -0.2) is 96.0 Å². The molecule has 1 rings (SSSR count). The molecule has 12 nitrogen and oxygen atoms in total. The number of unbranched alkanes of at least 4 members (excludes halogenated alkanes) is 23. The van der Waals surface area contributed by atoms with Gasteiger partial charge in [0.05, 0.1) is 6.61 Å². The van der Waals surface area contributed by atoms with Crippen molar-refractivity contribution in [1.82, 2.24) is 0 Å². The number of allylic oxidation sites excluding steroid dienone is 6. The molecule has 1 fully saturated rings. The second kappa shape index (κ2) is 39.3. The first-order chi connectivity index (χ1) is 30.0. The van der Waals surface area contributed by atoms with E-state index in [1.165, 1.54) is 109 Å². The van der Waals surface area contributed by atoms with Gasteiger partial charge in [0.1, 0.15) is 36.8 Å². The van der Waals surface area contributed by atoms with Gasteiger partial charge in [-0.25, -0.2) is 0 Å². The highest BCUT2D eigenvalue weighted by molar-refractivity contribution is 7.85. The molecule has 1 heterocycles. The van der Waals surface area contributed by atoms with Crippen molar-refractivity contribution in [2.24, 2.45) is 0 Å². The van der Waals surface area contributed by atoms with Crippen molar-refractivity contribution in [3.05, 3.63) is 36.5 Å². The number of rotatable bonds is 41. The van der Waals surface area contributed by atoms with Crippen LogP contribution in [0.3, 0.4) is 0 Å². The largest absolute Gasteiger partial charge is 0.462 e. The molecule has 1 saturated heterocycles. The number of ether oxygens (including phenoxy) is 4. The van der Waals surface area contributed by atoms with Gasteiger partial charge in [-0.2, -0.15) is 8.42 Å². The molecule has 1 aliphatic rings. The van der Waals surface area contributed by atoms with Crippen LogP contribution in [0.4, 0.5) is 0 Å². The van der Waals surface area contributed by atoms with Crippen molar-refractivity contribution in [3.63, 3.8) is 0 Å². The number of carbonyl (C=O) groups is 2. The second-order valence-corrected chi connectivity index (χ2v) is 18.6. The van der Waals surface area contributed by atoms with Crippen molar-refractivity contribution in [2.75, 3.05) is 19.0 Å². The normalized spacial score (nSPS) is 20.1. The topological polar surface area (TPSA) is 186 Å². The van der Waals surface area contributed by atoms with Gasteiger partial charge in [0, 0.05) is 12.8 Å². The molecule has 0 bridgehead atoms. The van der Waals surface area contributed by atoms with Crippen molar-refractivity contribution >= 4 is 22.1 Å². The van der Waals surface area contributed by atoms with Gasteiger partial charge in [0.2, 0.25) is 0 Å². The molecule has 362 valence electrons. The molecule has 0 spiro atoms. The van der Waals surface area contributed by atoms with Crippen LogP contribution >= 0.6 is 0 Å². The molecule has 2 unspecified atom stereocenters. The van der Waals surface area contributed by atoms with E-state index in [1.807, 2.05) is 0 Å². The van der Waals surface area contributed by atoms with Crippen LogP contribution in [0.25, 0.3) is 0 Å². The lowest BCUT2D eigenvalue weighted by Crippen LogP contribution is -2.60. The maximum Gasteiger partial charge on any atom is 0.306 e. The van der Waals surface area contributed by atoms with Gasteiger partial charge in [-0.15, -0.1) is 0 Å². The lowest BCUT2D eigenvalue weighted by molar-refractivity contribution is -0.297. The Hall–Kier alpha value is -2.13. The van der Waals surface area contributed by atoms with Crippen LogP contribution < -0.4 is 0 Å². The number of hydrogen-bond donors (Lipinski definition) is 4. The zero-order chi connectivity index (χ0) is 45.5. The lowest BCUT2D eigenvalue weighted by atomic mass is 10.00. The quantitative estimate of drug-likeness (QED) is 0.0197. The molecule has 0 amide bonds. The summed E-state index contributed by atoms with van der Waals surface area (Å²) in [7, 11) is -4.60. The van der Waals surface area contributed by atoms with E-state index in [2.05, 4.69) is 50.3 Å². The monoisotopic (exact) mass is 901 g/mol. The first-order valence-corrected chi connectivity index (χ1v) is 26.2. The van der Waals surface area contributed by atoms with Crippen LogP contribution in [0.2, 0.25) is 0 Å². The minimum atomic E-state index is -4.60. The van der Waals surface area contributed by atoms with E-state index >= 15 is 0 Å². The average molecular weight is 901 g/mol. The fraction of sp³-hybridized carbons (Fsp3) is 0.837. The highest BCUT2D eigenvalue weighted by Gasteiger charge is 2.46. The van der Waals surface area contributed by atoms with Crippen molar-refractivity contribution in [1.29, 1.82) is 0 Å². The van der Waals surface area contributed by atoms with E-state index in [9.17, 15) is 37.9 Å². The van der Waals surface area contributed by atoms with Crippen molar-refractivity contribution < 1.29 is 56.8 Å². The molecule has 0 aliphatic carbocycles. The molecule has 0 aromatic heterocycles. The third kappa shape index (κ3) is 33.4. The fourth-order valence-electron chi connectivity index (χ4n) is 7.34. The van der Waals surface area contributed by atoms with Gasteiger partial charge in [0.15, 0.2) is 12.4 Å². The summed E-state index contributed by atoms with van der Waals surface area (Å²) in [6.07, 6.45) is 36.1. The lowest BCUT2D eigenvalue weighted by Gasteiger charge is -2.40. The summed E-state index contributed by atoms with van der Waals surface area (Å²) in [5.41, 5.74) is 0. The summed E-state index contributed by atoms with van der Waals surface area (Å²) in [6.45, 7) is 3.72. The van der Waals surface area contributed by atoms with Gasteiger partial charge in [0.25, 0.3) is 10.1 Å². The van der Waals surface area contributed by atoms with Gasteiger partial charge >= 0.3 is 11.9 Å². The molecular weight excluding hydrogens is 813 g/mol. The van der Waals surface area contributed by atoms with Crippen LogP contribution in [0.5, 0.6) is 0 Å². The van der Waals surface area contributed by atoms with Crippen molar-refractivity contribution in [3.8, 4) is 0 Å². The summed E-state index contributed by atoms with van der Waals surface area (Å²) in [5, 5.41) is 30.9. The van der Waals surface area contributed by atoms with E-state index in [-0.39, 0.29) is 19.4 Å². The Morgan fingerprint density at radius 1 is 0.548 bits per heavy atom. The number of carbonyl (C=O) groups excluding carboxylic acids is 2. The van der Waals surface area contributed by atoms with Crippen LogP contribution in [0.1, 0.15) is 206 Å². The third-order valence-electron chi connectivity index (χ3n) is 11.2. The zero-order valence-electron chi connectivity index (χ0n) is 38.7. The highest BCUT2D eigenvalue weighted by atomic mass is 32.2. The number of aliphatic hydroxyl groups is 3. The minimum absolute atomic E-state index is 0.162. The van der Waals surface area contributed by atoms with E-state index in [1.54, 1.807) is 0 Å². The Morgan fingerprint density at radius 2 is 0.984 bits per heavy atom. The summed E-state index contributed by atoms with van der Waals surface area (Å²) >= 11 is 0. The SMILES string of the molecule is CCCC/C=C/CCCCCCCCCCCC(=O)O[C@H](COC(=O)CCCCCCCCCCC/C=C/C/C=C/CCCCC)CO[C@H]1O[C@H](CS(=O)(=O)O)[C@@H](O)C(O)C1O. The number of aliphatic hydroxyl groups excluding tert-OH is 3. The van der Waals surface area contributed by atoms with Gasteiger partial charge in [-0.1, -0.05) is 166 Å². The maximum absolute atomic E-state index is 12.8. The van der Waals surface area contributed by atoms with E-state index < -0.39 is 71.2 Å². The van der Waals surface area contributed by atoms with E-state index in [4.69, 9.17) is 18.9 Å². The Kier molecular flexibility index (Phi) is 36.6. The van der Waals surface area contributed by atoms with E-state index in [0.717, 1.165) is 57.8 Å². The summed E-state index contributed by atoms with van der Waals surface area (Å²) < 4.78 is 54.2. The standard InChI is InChI=1S/C49H88O12S/c1-3-5-7-9-11-13-15-17-19-20-21-22-24-25-27-29-31-33-35-37-44(50)58-39-42(40-59-49-48(54)47(53)46(52)43(61-49)41-62(55,56)57)60-45(51)38-36-34-32-30-28-26-23-18-16-14-12-10-8-6-4-2/h10-13,17,19,42-43,46-49,52-54H,3-9,14-16,18,20-41H2,1-2H3,(H,55,56,57)/b12-10+,13-11+,19-17+/t42-,43-,46-,47?,48?,49+/m1/s1. The Morgan fingerprint density at radius 3 is 1.48 bits per heavy atom. The Bertz CT molecular complexity index is 1290. The van der Waals surface area contributed by atoms with Crippen LogP contribution in [0, 0.1) is 0 Å². The molecule has 4 N–H and O–H groups in total. The summed E-state index contributed by atoms with van der Waals surface area (Å²) in [4.78, 5) is 25.5. The molecule has 6 atom stereocenters. The maximum atomic E-state index is 12.8. The first kappa shape index (κ1) is 57.9. The van der Waals surface area contributed by atoms with Gasteiger partial charge in [-0.05, 0) is 64.2 Å². The Balaban J connectivity index is 2.39. The minimum Gasteiger partial charge on any atom is -0.462 e. The second-order valence-electron chi connectivity index (χ2n) is 17.1. The summed E-state index contributed by atoms with van der Waals surface area (Å²) in [5.74, 6) is -1.99. The summed E-state index contributed by atoms with van der Waals surface area (Å²) in [6, 6.07) is 0. The fourth-order valence-corrected chi connectivity index (χ4v) is 8.03. The highest BCUT2D eigenvalue weighted by Crippen LogP contribution is 2.24. The smallest absolute Gasteiger partial charge is 0.306 e. The predicted molar refractivity (Wildman–Crippen MR) is 247 cm³/mol. The molecular formula is C49H88O12S. The molecule has 13 heteroatoms.